The highest BCUT2D eigenvalue weighted by molar-refractivity contribution is 5.78. The van der Waals surface area contributed by atoms with Crippen LogP contribution in [-0.4, -0.2) is 47.2 Å². The van der Waals surface area contributed by atoms with E-state index < -0.39 is 11.5 Å². The van der Waals surface area contributed by atoms with Crippen LogP contribution in [0.4, 0.5) is 0 Å². The molecule has 0 bridgehead atoms. The van der Waals surface area contributed by atoms with Gasteiger partial charge < -0.3 is 15.3 Å². The number of carboxylic acid groups (broad SMARTS) is 1. The molecular weight excluding hydrogens is 216 g/mol. The molecule has 1 rings (SSSR count). The van der Waals surface area contributed by atoms with Crippen molar-refractivity contribution < 1.29 is 9.90 Å². The van der Waals surface area contributed by atoms with Gasteiger partial charge in [-0.05, 0) is 45.7 Å². The molecule has 1 saturated heterocycles. The number of nitrogens with zero attached hydrogens (tertiary/aromatic N) is 1. The molecular formula is C13H26N2O2. The predicted molar refractivity (Wildman–Crippen MR) is 69.2 cm³/mol. The Balaban J connectivity index is 2.49. The Labute approximate surface area is 104 Å². The van der Waals surface area contributed by atoms with Crippen LogP contribution in [0.25, 0.3) is 0 Å². The first-order chi connectivity index (χ1) is 8.03. The molecule has 0 saturated carbocycles. The Hall–Kier alpha value is -0.610. The van der Waals surface area contributed by atoms with E-state index in [0.717, 1.165) is 13.1 Å². The summed E-state index contributed by atoms with van der Waals surface area (Å²) in [5, 5.41) is 12.4. The van der Waals surface area contributed by atoms with Gasteiger partial charge in [-0.2, -0.15) is 0 Å². The van der Waals surface area contributed by atoms with E-state index in [1.54, 1.807) is 6.92 Å². The number of rotatable bonds is 7. The normalized spacial score (nSPS) is 24.8. The number of likely N-dealkylation sites (N-methyl/N-ethyl adjacent to an activating group) is 1. The standard InChI is InChI=1S/C13H26N2O2/c1-4-11-7-6-9-15(11)10-8-13(3,12(16)17)14-5-2/h11,14H,4-10H2,1-3H3,(H,16,17). The molecule has 1 aliphatic heterocycles. The maximum absolute atomic E-state index is 11.3. The topological polar surface area (TPSA) is 52.6 Å². The number of nitrogens with one attached hydrogen (secondary N) is 1. The summed E-state index contributed by atoms with van der Waals surface area (Å²) in [6.07, 6.45) is 4.36. The zero-order chi connectivity index (χ0) is 12.9. The van der Waals surface area contributed by atoms with E-state index in [1.165, 1.54) is 19.3 Å². The molecule has 4 heteroatoms. The summed E-state index contributed by atoms with van der Waals surface area (Å²) in [5.74, 6) is -0.744. The smallest absolute Gasteiger partial charge is 0.323 e. The lowest BCUT2D eigenvalue weighted by molar-refractivity contribution is -0.144. The minimum Gasteiger partial charge on any atom is -0.480 e. The van der Waals surface area contributed by atoms with E-state index in [2.05, 4.69) is 17.1 Å². The molecule has 0 aromatic rings. The second-order valence-electron chi connectivity index (χ2n) is 5.16. The molecule has 0 aromatic heterocycles. The van der Waals surface area contributed by atoms with Gasteiger partial charge in [-0.25, -0.2) is 0 Å². The van der Waals surface area contributed by atoms with Crippen LogP contribution < -0.4 is 5.32 Å². The Morgan fingerprint density at radius 3 is 2.76 bits per heavy atom. The average molecular weight is 242 g/mol. The second kappa shape index (κ2) is 6.36. The lowest BCUT2D eigenvalue weighted by Gasteiger charge is -2.30. The fourth-order valence-corrected chi connectivity index (χ4v) is 2.68. The minimum atomic E-state index is -0.782. The minimum absolute atomic E-state index is 0.662. The third kappa shape index (κ3) is 3.68. The van der Waals surface area contributed by atoms with Crippen LogP contribution in [0, 0.1) is 0 Å². The molecule has 1 aliphatic rings. The largest absolute Gasteiger partial charge is 0.480 e. The van der Waals surface area contributed by atoms with Gasteiger partial charge in [-0.1, -0.05) is 13.8 Å². The van der Waals surface area contributed by atoms with Crippen molar-refractivity contribution in [3.8, 4) is 0 Å². The Morgan fingerprint density at radius 2 is 2.24 bits per heavy atom. The van der Waals surface area contributed by atoms with Crippen molar-refractivity contribution in [1.82, 2.24) is 10.2 Å². The SMILES string of the molecule is CCNC(C)(CCN1CCCC1CC)C(=O)O. The van der Waals surface area contributed by atoms with Gasteiger partial charge in [0.2, 0.25) is 0 Å². The molecule has 17 heavy (non-hydrogen) atoms. The zero-order valence-electron chi connectivity index (χ0n) is 11.3. The Morgan fingerprint density at radius 1 is 1.53 bits per heavy atom. The van der Waals surface area contributed by atoms with Crippen molar-refractivity contribution in [1.29, 1.82) is 0 Å². The maximum Gasteiger partial charge on any atom is 0.323 e. The highest BCUT2D eigenvalue weighted by Crippen LogP contribution is 2.21. The van der Waals surface area contributed by atoms with E-state index in [0.29, 0.717) is 19.0 Å². The van der Waals surface area contributed by atoms with E-state index in [4.69, 9.17) is 0 Å². The fraction of sp³-hybridized carbons (Fsp3) is 0.923. The third-order valence-corrected chi connectivity index (χ3v) is 3.91. The summed E-state index contributed by atoms with van der Waals surface area (Å²) in [7, 11) is 0. The van der Waals surface area contributed by atoms with Crippen LogP contribution in [0.3, 0.4) is 0 Å². The van der Waals surface area contributed by atoms with Crippen LogP contribution in [0.15, 0.2) is 0 Å². The summed E-state index contributed by atoms with van der Waals surface area (Å²) in [5.41, 5.74) is -0.782. The molecule has 2 unspecified atom stereocenters. The number of hydrogen-bond donors (Lipinski definition) is 2. The van der Waals surface area contributed by atoms with Gasteiger partial charge in [-0.3, -0.25) is 4.79 Å². The molecule has 2 atom stereocenters. The lowest BCUT2D eigenvalue weighted by Crippen LogP contribution is -2.51. The van der Waals surface area contributed by atoms with Crippen molar-refractivity contribution >= 4 is 5.97 Å². The number of aliphatic carboxylic acids is 1. The number of carbonyl (C=O) groups is 1. The predicted octanol–water partition coefficient (Wildman–Crippen LogP) is 1.70. The van der Waals surface area contributed by atoms with Gasteiger partial charge in [0, 0.05) is 12.6 Å². The van der Waals surface area contributed by atoms with Gasteiger partial charge in [0.05, 0.1) is 0 Å². The van der Waals surface area contributed by atoms with Gasteiger partial charge in [0.25, 0.3) is 0 Å². The van der Waals surface area contributed by atoms with Crippen molar-refractivity contribution in [3.05, 3.63) is 0 Å². The molecule has 0 amide bonds. The molecule has 4 nitrogen and oxygen atoms in total. The summed E-state index contributed by atoms with van der Waals surface area (Å²) in [4.78, 5) is 13.7. The second-order valence-corrected chi connectivity index (χ2v) is 5.16. The zero-order valence-corrected chi connectivity index (χ0v) is 11.3. The maximum atomic E-state index is 11.3. The van der Waals surface area contributed by atoms with Gasteiger partial charge in [-0.15, -0.1) is 0 Å². The van der Waals surface area contributed by atoms with Crippen molar-refractivity contribution in [3.63, 3.8) is 0 Å². The first-order valence-electron chi connectivity index (χ1n) is 6.76. The van der Waals surface area contributed by atoms with Crippen LogP contribution in [0.5, 0.6) is 0 Å². The molecule has 1 heterocycles. The van der Waals surface area contributed by atoms with Crippen LogP contribution in [0.1, 0.15) is 46.5 Å². The summed E-state index contributed by atoms with van der Waals surface area (Å²) in [6, 6.07) is 0.662. The first kappa shape index (κ1) is 14.5. The van der Waals surface area contributed by atoms with Gasteiger partial charge in [0.1, 0.15) is 5.54 Å². The summed E-state index contributed by atoms with van der Waals surface area (Å²) in [6.45, 7) is 8.65. The van der Waals surface area contributed by atoms with E-state index in [-0.39, 0.29) is 0 Å². The molecule has 100 valence electrons. The molecule has 0 spiro atoms. The van der Waals surface area contributed by atoms with Gasteiger partial charge >= 0.3 is 5.97 Å². The number of hydrogen-bond acceptors (Lipinski definition) is 3. The van der Waals surface area contributed by atoms with Crippen LogP contribution in [-0.2, 0) is 4.79 Å². The van der Waals surface area contributed by atoms with Crippen molar-refractivity contribution in [2.45, 2.75) is 58.0 Å². The van der Waals surface area contributed by atoms with Crippen molar-refractivity contribution in [2.75, 3.05) is 19.6 Å². The molecule has 0 aliphatic carbocycles. The summed E-state index contributed by atoms with van der Waals surface area (Å²) < 4.78 is 0. The quantitative estimate of drug-likeness (QED) is 0.713. The molecule has 0 aromatic carbocycles. The Kier molecular flexibility index (Phi) is 5.40. The Bertz CT molecular complexity index is 258. The molecule has 2 N–H and O–H groups in total. The lowest BCUT2D eigenvalue weighted by atomic mass is 9.97. The number of carboxylic acids is 1. The van der Waals surface area contributed by atoms with E-state index >= 15 is 0 Å². The molecule has 0 radical (unpaired) electrons. The first-order valence-corrected chi connectivity index (χ1v) is 6.76. The average Bonchev–Trinajstić information content (AvgIpc) is 2.74. The summed E-state index contributed by atoms with van der Waals surface area (Å²) >= 11 is 0. The van der Waals surface area contributed by atoms with Crippen molar-refractivity contribution in [2.24, 2.45) is 0 Å². The number of likely N-dealkylation sites (tertiary alicyclic amines) is 1. The van der Waals surface area contributed by atoms with Crippen LogP contribution >= 0.6 is 0 Å². The highest BCUT2D eigenvalue weighted by Gasteiger charge is 2.33. The fourth-order valence-electron chi connectivity index (χ4n) is 2.68. The van der Waals surface area contributed by atoms with E-state index in [9.17, 15) is 9.90 Å². The molecule has 1 fully saturated rings. The highest BCUT2D eigenvalue weighted by atomic mass is 16.4. The van der Waals surface area contributed by atoms with Crippen LogP contribution in [0.2, 0.25) is 0 Å². The van der Waals surface area contributed by atoms with E-state index in [1.807, 2.05) is 6.92 Å². The monoisotopic (exact) mass is 242 g/mol. The third-order valence-electron chi connectivity index (χ3n) is 3.91. The van der Waals surface area contributed by atoms with Gasteiger partial charge in [0.15, 0.2) is 0 Å².